The molecule has 0 aliphatic carbocycles. The first-order valence-electron chi connectivity index (χ1n) is 8.34. The molecule has 1 aliphatic rings. The van der Waals surface area contributed by atoms with E-state index in [0.29, 0.717) is 0 Å². The summed E-state index contributed by atoms with van der Waals surface area (Å²) < 4.78 is 30.9. The van der Waals surface area contributed by atoms with E-state index in [0.717, 1.165) is 0 Å². The molecule has 1 amide bonds. The SMILES string of the molecule is CC(NC1=NS(=O)(=O)N=C1Nc1cccc(C(=O)N(C)C)c1O)C(C)(C)C. The number of carbonyl (C=O) groups excluding carboxylic acids is 1. The Morgan fingerprint density at radius 1 is 1.19 bits per heavy atom. The van der Waals surface area contributed by atoms with Gasteiger partial charge in [0.15, 0.2) is 17.4 Å². The van der Waals surface area contributed by atoms with Crippen LogP contribution in [0, 0.1) is 5.41 Å². The average molecular weight is 395 g/mol. The smallest absolute Gasteiger partial charge is 0.367 e. The molecule has 0 aromatic heterocycles. The van der Waals surface area contributed by atoms with E-state index in [1.54, 1.807) is 20.2 Å². The van der Waals surface area contributed by atoms with Gasteiger partial charge in [-0.25, -0.2) is 0 Å². The second kappa shape index (κ2) is 7.18. The fourth-order valence-electron chi connectivity index (χ4n) is 2.12. The molecule has 0 radical (unpaired) electrons. The lowest BCUT2D eigenvalue weighted by atomic mass is 9.88. The Kier molecular flexibility index (Phi) is 5.50. The van der Waals surface area contributed by atoms with Crippen LogP contribution in [0.1, 0.15) is 38.1 Å². The van der Waals surface area contributed by atoms with Gasteiger partial charge in [-0.15, -0.1) is 8.80 Å². The summed E-state index contributed by atoms with van der Waals surface area (Å²) >= 11 is 0. The zero-order chi connectivity index (χ0) is 20.6. The van der Waals surface area contributed by atoms with Gasteiger partial charge in [0.05, 0.1) is 11.3 Å². The summed E-state index contributed by atoms with van der Waals surface area (Å²) in [6, 6.07) is 4.46. The van der Waals surface area contributed by atoms with Gasteiger partial charge in [0.1, 0.15) is 0 Å². The Hall–Kier alpha value is -2.62. The van der Waals surface area contributed by atoms with Crippen molar-refractivity contribution in [2.45, 2.75) is 33.7 Å². The standard InChI is InChI=1S/C17H25N5O4S/c1-10(17(2,3)4)18-14-15(21-27(25,26)20-14)19-12-9-7-8-11(13(12)23)16(24)22(5)6/h7-10,23H,1-6H3,(H,18,20)(H,19,21). The van der Waals surface area contributed by atoms with Crippen molar-refractivity contribution in [3.05, 3.63) is 23.8 Å². The summed E-state index contributed by atoms with van der Waals surface area (Å²) in [6.07, 6.45) is 0. The number of benzene rings is 1. The lowest BCUT2D eigenvalue weighted by Gasteiger charge is -2.28. The van der Waals surface area contributed by atoms with Crippen molar-refractivity contribution < 1.29 is 18.3 Å². The number of nitrogens with one attached hydrogen (secondary N) is 2. The predicted molar refractivity (Wildman–Crippen MR) is 106 cm³/mol. The summed E-state index contributed by atoms with van der Waals surface area (Å²) in [6.45, 7) is 7.90. The van der Waals surface area contributed by atoms with Crippen LogP contribution in [0.4, 0.5) is 5.69 Å². The van der Waals surface area contributed by atoms with Crippen molar-refractivity contribution in [2.24, 2.45) is 14.2 Å². The number of nitrogens with zero attached hydrogens (tertiary/aromatic N) is 3. The average Bonchev–Trinajstić information content (AvgIpc) is 2.81. The molecule has 0 saturated heterocycles. The number of hydrogen-bond donors (Lipinski definition) is 3. The highest BCUT2D eigenvalue weighted by atomic mass is 32.2. The lowest BCUT2D eigenvalue weighted by molar-refractivity contribution is 0.0824. The van der Waals surface area contributed by atoms with E-state index in [2.05, 4.69) is 19.4 Å². The molecule has 148 valence electrons. The van der Waals surface area contributed by atoms with Crippen molar-refractivity contribution >= 4 is 33.5 Å². The highest BCUT2D eigenvalue weighted by Crippen LogP contribution is 2.29. The number of aromatic hydroxyl groups is 1. The minimum absolute atomic E-state index is 0.0455. The summed E-state index contributed by atoms with van der Waals surface area (Å²) in [5.74, 6) is -0.672. The number of para-hydroxylation sites is 1. The van der Waals surface area contributed by atoms with E-state index in [1.807, 2.05) is 27.7 Å². The van der Waals surface area contributed by atoms with Gasteiger partial charge in [-0.1, -0.05) is 26.8 Å². The van der Waals surface area contributed by atoms with E-state index in [4.69, 9.17) is 0 Å². The predicted octanol–water partition coefficient (Wildman–Crippen LogP) is 1.59. The van der Waals surface area contributed by atoms with Gasteiger partial charge in [-0.05, 0) is 24.5 Å². The third-order valence-electron chi connectivity index (χ3n) is 4.22. The summed E-state index contributed by atoms with van der Waals surface area (Å²) in [5.41, 5.74) is 0.0811. The fraction of sp³-hybridized carbons (Fsp3) is 0.471. The van der Waals surface area contributed by atoms with Gasteiger partial charge >= 0.3 is 10.2 Å². The lowest BCUT2D eigenvalue weighted by Crippen LogP contribution is -2.45. The van der Waals surface area contributed by atoms with Crippen LogP contribution in [-0.4, -0.2) is 56.1 Å². The molecule has 0 spiro atoms. The van der Waals surface area contributed by atoms with Crippen LogP contribution in [0.25, 0.3) is 0 Å². The van der Waals surface area contributed by atoms with Crippen LogP contribution >= 0.6 is 0 Å². The molecule has 0 saturated carbocycles. The first kappa shape index (κ1) is 20.7. The molecular weight excluding hydrogens is 370 g/mol. The molecule has 1 heterocycles. The maximum atomic E-state index is 12.2. The van der Waals surface area contributed by atoms with Crippen LogP contribution in [-0.2, 0) is 10.2 Å². The molecule has 1 aromatic carbocycles. The second-order valence-corrected chi connectivity index (χ2v) is 8.85. The molecule has 1 unspecified atom stereocenters. The normalized spacial score (nSPS) is 17.0. The largest absolute Gasteiger partial charge is 0.505 e. The third-order valence-corrected chi connectivity index (χ3v) is 5.04. The maximum absolute atomic E-state index is 12.2. The highest BCUT2D eigenvalue weighted by Gasteiger charge is 2.29. The fourth-order valence-corrected chi connectivity index (χ4v) is 2.89. The molecule has 10 heteroatoms. The van der Waals surface area contributed by atoms with Crippen LogP contribution in [0.15, 0.2) is 27.0 Å². The molecule has 0 bridgehead atoms. The third kappa shape index (κ3) is 4.76. The molecule has 3 N–H and O–H groups in total. The number of anilines is 1. The maximum Gasteiger partial charge on any atom is 0.367 e. The zero-order valence-electron chi connectivity index (χ0n) is 16.2. The molecule has 2 rings (SSSR count). The van der Waals surface area contributed by atoms with Crippen molar-refractivity contribution in [2.75, 3.05) is 19.4 Å². The van der Waals surface area contributed by atoms with Gasteiger partial charge in [0.25, 0.3) is 5.91 Å². The Balaban J connectivity index is 2.35. The second-order valence-electron chi connectivity index (χ2n) is 7.59. The first-order valence-corrected chi connectivity index (χ1v) is 9.74. The van der Waals surface area contributed by atoms with Crippen LogP contribution in [0.5, 0.6) is 5.75 Å². The number of phenolic OH excluding ortho intramolecular Hbond substituents is 1. The zero-order valence-corrected chi connectivity index (χ0v) is 17.0. The molecule has 9 nitrogen and oxygen atoms in total. The van der Waals surface area contributed by atoms with Crippen molar-refractivity contribution in [3.8, 4) is 5.75 Å². The number of amidine groups is 2. The van der Waals surface area contributed by atoms with Gasteiger partial charge in [-0.2, -0.15) is 8.42 Å². The number of rotatable bonds is 3. The monoisotopic (exact) mass is 395 g/mol. The minimum atomic E-state index is -4.01. The van der Waals surface area contributed by atoms with Gasteiger partial charge < -0.3 is 20.6 Å². The number of hydrogen-bond acceptors (Lipinski definition) is 6. The summed E-state index contributed by atoms with van der Waals surface area (Å²) in [4.78, 5) is 13.5. The quantitative estimate of drug-likeness (QED) is 0.668. The molecule has 0 fully saturated rings. The van der Waals surface area contributed by atoms with E-state index >= 15 is 0 Å². The number of carbonyl (C=O) groups is 1. The van der Waals surface area contributed by atoms with E-state index < -0.39 is 10.2 Å². The Morgan fingerprint density at radius 3 is 2.33 bits per heavy atom. The van der Waals surface area contributed by atoms with Crippen LogP contribution in [0.3, 0.4) is 0 Å². The van der Waals surface area contributed by atoms with Crippen molar-refractivity contribution in [1.29, 1.82) is 0 Å². The number of phenols is 1. The molecule has 1 aliphatic heterocycles. The van der Waals surface area contributed by atoms with E-state index in [9.17, 15) is 18.3 Å². The van der Waals surface area contributed by atoms with Gasteiger partial charge in [-0.3, -0.25) is 4.79 Å². The van der Waals surface area contributed by atoms with E-state index in [1.165, 1.54) is 17.0 Å². The molecule has 1 atom stereocenters. The van der Waals surface area contributed by atoms with Crippen LogP contribution in [0.2, 0.25) is 0 Å². The highest BCUT2D eigenvalue weighted by molar-refractivity contribution is 7.89. The number of amides is 1. The Bertz CT molecular complexity index is 914. The molecule has 1 aromatic rings. The Morgan fingerprint density at radius 2 is 1.78 bits per heavy atom. The Labute approximate surface area is 159 Å². The van der Waals surface area contributed by atoms with Gasteiger partial charge in [0.2, 0.25) is 0 Å². The summed E-state index contributed by atoms with van der Waals surface area (Å²) in [7, 11) is -0.879. The van der Waals surface area contributed by atoms with Crippen molar-refractivity contribution in [1.82, 2.24) is 10.2 Å². The van der Waals surface area contributed by atoms with E-state index in [-0.39, 0.29) is 46.0 Å². The molecular formula is C17H25N5O4S. The minimum Gasteiger partial charge on any atom is -0.505 e. The topological polar surface area (TPSA) is 123 Å². The molecule has 27 heavy (non-hydrogen) atoms. The first-order chi connectivity index (χ1) is 12.3. The summed E-state index contributed by atoms with van der Waals surface area (Å²) in [5, 5.41) is 16.2. The van der Waals surface area contributed by atoms with Gasteiger partial charge in [0, 0.05) is 20.1 Å². The van der Waals surface area contributed by atoms with Crippen LogP contribution < -0.4 is 10.6 Å². The van der Waals surface area contributed by atoms with Crippen molar-refractivity contribution in [3.63, 3.8) is 0 Å².